The Labute approximate surface area is 231 Å². The van der Waals surface area contributed by atoms with Crippen molar-refractivity contribution in [1.29, 1.82) is 0 Å². The van der Waals surface area contributed by atoms with Crippen molar-refractivity contribution in [2.45, 2.75) is 38.6 Å². The standard InChI is InChI=1S/C28H23ClF3N7O/c29-17-7-9-19(23(11-17)34-28(40)16-6-8-18(20(30)10-16)26-35-37-38-36-26)27-33-24-12-21(31)22(32)13-25(24)39(27)14-15-4-2-1-3-5-15/h6-13,15H,1-5,14H2,(H,34,40)(H,35,36,37,38). The minimum absolute atomic E-state index is 0.0514. The maximum absolute atomic E-state index is 14.8. The lowest BCUT2D eigenvalue weighted by atomic mass is 9.89. The second-order valence-electron chi connectivity index (χ2n) is 9.88. The zero-order valence-electron chi connectivity index (χ0n) is 21.1. The van der Waals surface area contributed by atoms with E-state index in [0.717, 1.165) is 43.9 Å². The molecule has 2 aromatic heterocycles. The van der Waals surface area contributed by atoms with Gasteiger partial charge in [-0.25, -0.2) is 18.2 Å². The molecule has 0 unspecified atom stereocenters. The number of fused-ring (bicyclic) bond motifs is 1. The van der Waals surface area contributed by atoms with E-state index < -0.39 is 23.4 Å². The lowest BCUT2D eigenvalue weighted by Gasteiger charge is -2.23. The van der Waals surface area contributed by atoms with Crippen LogP contribution in [-0.4, -0.2) is 36.1 Å². The predicted octanol–water partition coefficient (Wildman–Crippen LogP) is 6.79. The van der Waals surface area contributed by atoms with Gasteiger partial charge in [0.2, 0.25) is 5.82 Å². The topological polar surface area (TPSA) is 101 Å². The number of hydrogen-bond donors (Lipinski definition) is 2. The monoisotopic (exact) mass is 565 g/mol. The number of halogens is 4. The van der Waals surface area contributed by atoms with Crippen LogP contribution < -0.4 is 5.32 Å². The molecule has 204 valence electrons. The molecule has 5 aromatic rings. The van der Waals surface area contributed by atoms with Gasteiger partial charge in [-0.05, 0) is 60.4 Å². The number of nitrogens with one attached hydrogen (secondary N) is 2. The molecule has 2 N–H and O–H groups in total. The molecule has 1 saturated carbocycles. The quantitative estimate of drug-likeness (QED) is 0.236. The Bertz CT molecular complexity index is 1720. The van der Waals surface area contributed by atoms with Crippen LogP contribution in [-0.2, 0) is 6.54 Å². The average Bonchev–Trinajstić information content (AvgIpc) is 3.59. The summed E-state index contributed by atoms with van der Waals surface area (Å²) in [4.78, 5) is 17.9. The number of hydrogen-bond acceptors (Lipinski definition) is 5. The fourth-order valence-corrected chi connectivity index (χ4v) is 5.43. The van der Waals surface area contributed by atoms with Gasteiger partial charge in [-0.2, -0.15) is 5.21 Å². The number of tetrazole rings is 1. The summed E-state index contributed by atoms with van der Waals surface area (Å²) in [7, 11) is 0. The van der Waals surface area contributed by atoms with Gasteiger partial charge in [0.05, 0.1) is 22.3 Å². The molecule has 0 atom stereocenters. The Morgan fingerprint density at radius 3 is 2.50 bits per heavy atom. The van der Waals surface area contributed by atoms with E-state index in [1.165, 1.54) is 18.6 Å². The first-order valence-electron chi connectivity index (χ1n) is 12.9. The zero-order chi connectivity index (χ0) is 27.8. The summed E-state index contributed by atoms with van der Waals surface area (Å²) in [5.41, 5.74) is 1.73. The number of rotatable bonds is 6. The molecule has 1 aliphatic rings. The SMILES string of the molecule is O=C(Nc1cc(Cl)ccc1-c1nc2cc(F)c(F)cc2n1CC1CCCCC1)c1ccc(-c2nn[nH]n2)c(F)c1. The van der Waals surface area contributed by atoms with Crippen molar-refractivity contribution in [1.82, 2.24) is 30.2 Å². The molecule has 40 heavy (non-hydrogen) atoms. The summed E-state index contributed by atoms with van der Waals surface area (Å²) in [6, 6.07) is 11.1. The fourth-order valence-electron chi connectivity index (χ4n) is 5.26. The number of H-pyrrole nitrogens is 1. The molecule has 1 amide bonds. The average molecular weight is 566 g/mol. The van der Waals surface area contributed by atoms with E-state index in [1.807, 2.05) is 4.57 Å². The van der Waals surface area contributed by atoms with E-state index in [1.54, 1.807) is 18.2 Å². The number of anilines is 1. The highest BCUT2D eigenvalue weighted by molar-refractivity contribution is 6.31. The fraction of sp³-hybridized carbons (Fsp3) is 0.250. The molecule has 0 saturated heterocycles. The van der Waals surface area contributed by atoms with Crippen LogP contribution in [0.25, 0.3) is 33.8 Å². The summed E-state index contributed by atoms with van der Waals surface area (Å²) in [6.07, 6.45) is 5.45. The van der Waals surface area contributed by atoms with Crippen LogP contribution in [0.15, 0.2) is 48.5 Å². The first-order chi connectivity index (χ1) is 19.4. The van der Waals surface area contributed by atoms with Gasteiger partial charge in [0.1, 0.15) is 11.6 Å². The Hall–Kier alpha value is -4.25. The molecule has 0 spiro atoms. The van der Waals surface area contributed by atoms with Crippen molar-refractivity contribution in [2.75, 3.05) is 5.32 Å². The van der Waals surface area contributed by atoms with Crippen molar-refractivity contribution in [3.8, 4) is 22.8 Å². The lowest BCUT2D eigenvalue weighted by molar-refractivity contribution is 0.102. The number of carbonyl (C=O) groups is 1. The van der Waals surface area contributed by atoms with Gasteiger partial charge in [0, 0.05) is 34.8 Å². The van der Waals surface area contributed by atoms with Gasteiger partial charge in [-0.1, -0.05) is 30.9 Å². The van der Waals surface area contributed by atoms with E-state index in [9.17, 15) is 18.0 Å². The smallest absolute Gasteiger partial charge is 0.255 e. The Balaban J connectivity index is 1.39. The molecule has 3 aromatic carbocycles. The van der Waals surface area contributed by atoms with Gasteiger partial charge in [-0.15, -0.1) is 10.2 Å². The number of benzene rings is 3. The van der Waals surface area contributed by atoms with Crippen molar-refractivity contribution >= 4 is 34.2 Å². The third kappa shape index (κ3) is 5.04. The van der Waals surface area contributed by atoms with Crippen molar-refractivity contribution in [3.05, 3.63) is 76.6 Å². The maximum atomic E-state index is 14.8. The summed E-state index contributed by atoms with van der Waals surface area (Å²) in [5.74, 6) is -2.38. The minimum atomic E-state index is -0.989. The van der Waals surface area contributed by atoms with Crippen molar-refractivity contribution in [2.24, 2.45) is 5.92 Å². The third-order valence-corrected chi connectivity index (χ3v) is 7.48. The lowest BCUT2D eigenvalue weighted by Crippen LogP contribution is -2.16. The van der Waals surface area contributed by atoms with Gasteiger partial charge in [0.25, 0.3) is 5.91 Å². The predicted molar refractivity (Wildman–Crippen MR) is 144 cm³/mol. The first kappa shape index (κ1) is 26.0. The number of imidazole rings is 1. The molecule has 1 aliphatic carbocycles. The molecule has 8 nitrogen and oxygen atoms in total. The van der Waals surface area contributed by atoms with E-state index in [4.69, 9.17) is 11.6 Å². The zero-order valence-corrected chi connectivity index (χ0v) is 21.9. The van der Waals surface area contributed by atoms with Crippen LogP contribution in [0, 0.1) is 23.4 Å². The Morgan fingerprint density at radius 1 is 0.975 bits per heavy atom. The van der Waals surface area contributed by atoms with E-state index in [2.05, 4.69) is 30.9 Å². The number of nitrogens with zero attached hydrogens (tertiary/aromatic N) is 5. The molecule has 6 rings (SSSR count). The normalized spacial score (nSPS) is 14.1. The minimum Gasteiger partial charge on any atom is -0.324 e. The highest BCUT2D eigenvalue weighted by atomic mass is 35.5. The molecule has 0 bridgehead atoms. The first-order valence-corrected chi connectivity index (χ1v) is 13.2. The van der Waals surface area contributed by atoms with Crippen LogP contribution in [0.3, 0.4) is 0 Å². The molecule has 0 aliphatic heterocycles. The van der Waals surface area contributed by atoms with E-state index in [0.29, 0.717) is 45.6 Å². The molecule has 0 radical (unpaired) electrons. The number of carbonyl (C=O) groups excluding carboxylic acids is 1. The Kier molecular flexibility index (Phi) is 6.97. The molecule has 2 heterocycles. The highest BCUT2D eigenvalue weighted by Crippen LogP contribution is 2.36. The van der Waals surface area contributed by atoms with Crippen LogP contribution in [0.2, 0.25) is 5.02 Å². The van der Waals surface area contributed by atoms with Crippen molar-refractivity contribution in [3.63, 3.8) is 0 Å². The van der Waals surface area contributed by atoms with Gasteiger partial charge in [0.15, 0.2) is 11.6 Å². The number of aromatic amines is 1. The maximum Gasteiger partial charge on any atom is 0.255 e. The Morgan fingerprint density at radius 2 is 1.75 bits per heavy atom. The summed E-state index contributed by atoms with van der Waals surface area (Å²) >= 11 is 6.29. The third-order valence-electron chi connectivity index (χ3n) is 7.24. The number of aromatic nitrogens is 6. The van der Waals surface area contributed by atoms with Gasteiger partial charge >= 0.3 is 0 Å². The molecule has 12 heteroatoms. The second-order valence-corrected chi connectivity index (χ2v) is 10.3. The molecular weight excluding hydrogens is 543 g/mol. The van der Waals surface area contributed by atoms with Gasteiger partial charge in [-0.3, -0.25) is 4.79 Å². The van der Waals surface area contributed by atoms with E-state index >= 15 is 0 Å². The van der Waals surface area contributed by atoms with Crippen LogP contribution in [0.4, 0.5) is 18.9 Å². The van der Waals surface area contributed by atoms with Gasteiger partial charge < -0.3 is 9.88 Å². The molecular formula is C28H23ClF3N7O. The largest absolute Gasteiger partial charge is 0.324 e. The van der Waals surface area contributed by atoms with Crippen LogP contribution in [0.5, 0.6) is 0 Å². The van der Waals surface area contributed by atoms with Crippen LogP contribution in [0.1, 0.15) is 42.5 Å². The van der Waals surface area contributed by atoms with Crippen molar-refractivity contribution < 1.29 is 18.0 Å². The highest BCUT2D eigenvalue weighted by Gasteiger charge is 2.23. The summed E-state index contributed by atoms with van der Waals surface area (Å²) in [5, 5.41) is 16.4. The molecule has 1 fully saturated rings. The van der Waals surface area contributed by atoms with Crippen LogP contribution >= 0.6 is 11.6 Å². The van der Waals surface area contributed by atoms with E-state index in [-0.39, 0.29) is 17.0 Å². The summed E-state index contributed by atoms with van der Waals surface area (Å²) < 4.78 is 45.1. The number of amides is 1. The second kappa shape index (κ2) is 10.7. The summed E-state index contributed by atoms with van der Waals surface area (Å²) in [6.45, 7) is 0.565.